The van der Waals surface area contributed by atoms with Crippen molar-refractivity contribution in [1.82, 2.24) is 4.98 Å². The van der Waals surface area contributed by atoms with Crippen molar-refractivity contribution in [2.75, 3.05) is 28.4 Å². The predicted molar refractivity (Wildman–Crippen MR) is 228 cm³/mol. The van der Waals surface area contributed by atoms with Gasteiger partial charge in [0.2, 0.25) is 0 Å². The number of aliphatic imine (C=N–C) groups is 2. The number of rotatable bonds is 7. The van der Waals surface area contributed by atoms with Crippen molar-refractivity contribution in [2.45, 2.75) is 0 Å². The second-order valence-corrected chi connectivity index (χ2v) is 14.1. The summed E-state index contributed by atoms with van der Waals surface area (Å²) in [6.45, 7) is 0. The molecule has 1 aromatic heterocycles. The van der Waals surface area contributed by atoms with E-state index in [4.69, 9.17) is 33.9 Å². The number of phenolic OH excluding ortho intramolecular Hbond substituents is 1. The molecule has 0 spiro atoms. The molecule has 0 atom stereocenters. The smallest absolute Gasteiger partial charge is 0.133 e. The molecule has 58 heavy (non-hydrogen) atoms. The number of aromatic nitrogens is 1. The van der Waals surface area contributed by atoms with Gasteiger partial charge in [-0.3, -0.25) is 0 Å². The summed E-state index contributed by atoms with van der Waals surface area (Å²) in [5, 5.41) is 16.7. The van der Waals surface area contributed by atoms with E-state index in [-0.39, 0.29) is 5.75 Å². The molecule has 6 aromatic rings. The van der Waals surface area contributed by atoms with Crippen LogP contribution in [0.25, 0.3) is 33.6 Å². The number of nitrogens with one attached hydrogen (secondary N) is 1. The van der Waals surface area contributed by atoms with E-state index >= 15 is 0 Å². The van der Waals surface area contributed by atoms with Crippen LogP contribution in [-0.2, 0) is 0 Å². The second kappa shape index (κ2) is 13.8. The van der Waals surface area contributed by atoms with Crippen LogP contribution >= 0.6 is 0 Å². The van der Waals surface area contributed by atoms with E-state index in [2.05, 4.69) is 29.3 Å². The molecule has 0 amide bonds. The molecule has 0 saturated carbocycles. The maximum absolute atomic E-state index is 12.0. The summed E-state index contributed by atoms with van der Waals surface area (Å²) in [5.74, 6) is 2.99. The standard InChI is InChI=1S/C49H36N4O5/c1-55-30-11-5-27(6-12-30)44-37-19-20-38(50-37)45(28-7-13-31(56-2)14-8-28)40-23-24-42(52-40)47-34-18-17-33(58-4)25-35(34)49(54)36-26-43(53-48(36)47)46(41-22-21-39(44)51-41)29-9-15-32(57-3)16-10-29/h5-26,52,54H,1-4H3. The first-order chi connectivity index (χ1) is 28.4. The van der Waals surface area contributed by atoms with Crippen LogP contribution in [0, 0.1) is 10.6 Å². The minimum Gasteiger partial charge on any atom is -0.507 e. The van der Waals surface area contributed by atoms with Crippen molar-refractivity contribution in [1.29, 1.82) is 0 Å². The van der Waals surface area contributed by atoms with Crippen LogP contribution in [0.3, 0.4) is 0 Å². The van der Waals surface area contributed by atoms with E-state index in [1.165, 1.54) is 0 Å². The van der Waals surface area contributed by atoms with Crippen molar-refractivity contribution < 1.29 is 24.1 Å². The van der Waals surface area contributed by atoms with Gasteiger partial charge in [-0.15, -0.1) is 0 Å². The van der Waals surface area contributed by atoms with Crippen molar-refractivity contribution >= 4 is 45.0 Å². The molecule has 4 aliphatic rings. The Morgan fingerprint density at radius 3 is 1.57 bits per heavy atom. The molecule has 5 aromatic carbocycles. The predicted octanol–water partition coefficient (Wildman–Crippen LogP) is 8.23. The second-order valence-electron chi connectivity index (χ2n) is 14.1. The molecular weight excluding hydrogens is 725 g/mol. The lowest BCUT2D eigenvalue weighted by molar-refractivity contribution is 0.414. The average Bonchev–Trinajstić information content (AvgIpc) is 4.11. The number of aromatic amines is 1. The van der Waals surface area contributed by atoms with Gasteiger partial charge < -0.3 is 29.0 Å². The first kappa shape index (κ1) is 34.8. The molecule has 5 heterocycles. The molecule has 0 unspecified atom stereocenters. The fraction of sp³-hybridized carbons (Fsp3) is 0.0816. The first-order valence-electron chi connectivity index (χ1n) is 18.8. The highest BCUT2D eigenvalue weighted by Crippen LogP contribution is 2.40. The Labute approximate surface area is 333 Å². The van der Waals surface area contributed by atoms with E-state index in [9.17, 15) is 5.11 Å². The quantitative estimate of drug-likeness (QED) is 0.171. The molecular formula is C49H36N4O5. The van der Waals surface area contributed by atoms with Crippen LogP contribution in [0.1, 0.15) is 22.3 Å². The van der Waals surface area contributed by atoms with Crippen molar-refractivity contribution in [3.8, 4) is 28.7 Å². The van der Waals surface area contributed by atoms with Crippen LogP contribution in [0.15, 0.2) is 160 Å². The third kappa shape index (κ3) is 5.66. The number of phenols is 1. The SMILES string of the molecule is COc1ccc(C2=C3C=CC(=N3)C(c3ccc(OC)cc3)=C3C=CC(=N3)C(c3ccc(OC)cc3)=c3ccc([nH]3)=c3c4c(c(O)c5cc(OC)ccc35)C=C2N=4)cc1. The minimum atomic E-state index is 0.121. The van der Waals surface area contributed by atoms with E-state index in [1.54, 1.807) is 28.4 Å². The monoisotopic (exact) mass is 760 g/mol. The lowest BCUT2D eigenvalue weighted by Gasteiger charge is -2.12. The normalized spacial score (nSPS) is 15.1. The lowest BCUT2D eigenvalue weighted by atomic mass is 9.98. The Bertz CT molecular complexity index is 3180. The van der Waals surface area contributed by atoms with Gasteiger partial charge >= 0.3 is 0 Å². The van der Waals surface area contributed by atoms with Gasteiger partial charge in [-0.1, -0.05) is 36.4 Å². The largest absolute Gasteiger partial charge is 0.507 e. The number of H-pyrrole nitrogens is 1. The van der Waals surface area contributed by atoms with Crippen molar-refractivity contribution in [3.63, 3.8) is 0 Å². The fourth-order valence-corrected chi connectivity index (χ4v) is 8.06. The lowest BCUT2D eigenvalue weighted by Crippen LogP contribution is -2.14. The zero-order chi connectivity index (χ0) is 39.5. The number of hydrogen-bond acceptors (Lipinski definition) is 8. The van der Waals surface area contributed by atoms with Gasteiger partial charge in [0.05, 0.1) is 62.3 Å². The Hall–Kier alpha value is -7.65. The molecule has 8 bridgehead atoms. The van der Waals surface area contributed by atoms with E-state index < -0.39 is 0 Å². The minimum absolute atomic E-state index is 0.121. The summed E-state index contributed by atoms with van der Waals surface area (Å²) < 4.78 is 22.2. The molecule has 10 rings (SSSR count). The highest BCUT2D eigenvalue weighted by atomic mass is 16.5. The van der Waals surface area contributed by atoms with Crippen LogP contribution in [0.2, 0.25) is 0 Å². The van der Waals surface area contributed by atoms with Crippen molar-refractivity contribution in [2.24, 2.45) is 15.0 Å². The van der Waals surface area contributed by atoms with Gasteiger partial charge in [-0.25, -0.2) is 15.0 Å². The van der Waals surface area contributed by atoms with Crippen LogP contribution in [-0.4, -0.2) is 50.0 Å². The molecule has 4 aliphatic heterocycles. The zero-order valence-electron chi connectivity index (χ0n) is 32.1. The van der Waals surface area contributed by atoms with Gasteiger partial charge in [-0.2, -0.15) is 0 Å². The number of fused-ring (bicyclic) bond motifs is 7. The number of methoxy groups -OCH3 is 4. The first-order valence-corrected chi connectivity index (χ1v) is 18.8. The van der Waals surface area contributed by atoms with E-state index in [0.29, 0.717) is 33.5 Å². The summed E-state index contributed by atoms with van der Waals surface area (Å²) >= 11 is 0. The number of allylic oxidation sites excluding steroid dienone is 6. The zero-order valence-corrected chi connectivity index (χ0v) is 32.1. The Morgan fingerprint density at radius 2 is 0.983 bits per heavy atom. The maximum Gasteiger partial charge on any atom is 0.133 e. The fourth-order valence-electron chi connectivity index (χ4n) is 8.06. The van der Waals surface area contributed by atoms with E-state index in [0.717, 1.165) is 89.1 Å². The molecule has 9 heteroatoms. The maximum atomic E-state index is 12.0. The van der Waals surface area contributed by atoms with Gasteiger partial charge in [0.15, 0.2) is 0 Å². The van der Waals surface area contributed by atoms with Crippen LogP contribution < -0.4 is 29.7 Å². The average molecular weight is 761 g/mol. The topological polar surface area (TPSA) is 110 Å². The third-order valence-electron chi connectivity index (χ3n) is 10.9. The summed E-state index contributed by atoms with van der Waals surface area (Å²) in [6.07, 6.45) is 10.1. The summed E-state index contributed by atoms with van der Waals surface area (Å²) in [5.41, 5.74) is 9.63. The van der Waals surface area contributed by atoms with Gasteiger partial charge in [0, 0.05) is 43.6 Å². The summed E-state index contributed by atoms with van der Waals surface area (Å²) in [7, 11) is 6.60. The number of nitrogens with zero attached hydrogens (tertiary/aromatic N) is 3. The van der Waals surface area contributed by atoms with Crippen LogP contribution in [0.5, 0.6) is 28.7 Å². The molecule has 0 aliphatic carbocycles. The molecule has 282 valence electrons. The molecule has 0 radical (unpaired) electrons. The number of ether oxygens (including phenoxy) is 4. The van der Waals surface area contributed by atoms with Gasteiger partial charge in [0.25, 0.3) is 0 Å². The summed E-state index contributed by atoms with van der Waals surface area (Å²) in [6, 6.07) is 33.7. The number of aromatic hydroxyl groups is 1. The van der Waals surface area contributed by atoms with E-state index in [1.807, 2.05) is 109 Å². The van der Waals surface area contributed by atoms with Gasteiger partial charge in [0.1, 0.15) is 28.7 Å². The molecule has 9 nitrogen and oxygen atoms in total. The Kier molecular flexibility index (Phi) is 8.30. The highest BCUT2D eigenvalue weighted by Gasteiger charge is 2.26. The van der Waals surface area contributed by atoms with Crippen molar-refractivity contribution in [3.05, 3.63) is 188 Å². The Balaban J connectivity index is 1.37. The third-order valence-corrected chi connectivity index (χ3v) is 10.9. The number of hydrogen-bond donors (Lipinski definition) is 2. The molecule has 0 saturated heterocycles. The highest BCUT2D eigenvalue weighted by molar-refractivity contribution is 6.35. The molecule has 2 N–H and O–H groups in total. The molecule has 0 fully saturated rings. The van der Waals surface area contributed by atoms with Crippen LogP contribution in [0.4, 0.5) is 0 Å². The Morgan fingerprint density at radius 1 is 0.483 bits per heavy atom. The van der Waals surface area contributed by atoms with Gasteiger partial charge in [-0.05, 0) is 119 Å². The summed E-state index contributed by atoms with van der Waals surface area (Å²) in [4.78, 5) is 19.9. The number of benzene rings is 5.